The van der Waals surface area contributed by atoms with Crippen LogP contribution in [-0.4, -0.2) is 29.0 Å². The van der Waals surface area contributed by atoms with Gasteiger partial charge in [-0.3, -0.25) is 10.0 Å². The van der Waals surface area contributed by atoms with Crippen LogP contribution in [0.4, 0.5) is 0 Å². The van der Waals surface area contributed by atoms with Gasteiger partial charge in [-0.15, -0.1) is 23.1 Å². The maximum Gasteiger partial charge on any atom is 0.245 e. The number of pyridine rings is 1. The fourth-order valence-corrected chi connectivity index (χ4v) is 5.84. The molecule has 1 aliphatic heterocycles. The molecular weight excluding hydrogens is 344 g/mol. The summed E-state index contributed by atoms with van der Waals surface area (Å²) in [5, 5.41) is 8.93. The van der Waals surface area contributed by atoms with Crippen molar-refractivity contribution >= 4 is 29.0 Å². The van der Waals surface area contributed by atoms with Crippen molar-refractivity contribution < 1.29 is 14.7 Å². The van der Waals surface area contributed by atoms with Crippen molar-refractivity contribution in [2.24, 2.45) is 0 Å². The average molecular weight is 364 g/mol. The van der Waals surface area contributed by atoms with Crippen molar-refractivity contribution in [3.63, 3.8) is 0 Å². The Labute approximate surface area is 149 Å². The lowest BCUT2D eigenvalue weighted by atomic mass is 9.94. The van der Waals surface area contributed by atoms with E-state index < -0.39 is 0 Å². The van der Waals surface area contributed by atoms with Gasteiger partial charge in [0.25, 0.3) is 0 Å². The molecule has 1 saturated heterocycles. The maximum atomic E-state index is 11.8. The summed E-state index contributed by atoms with van der Waals surface area (Å²) in [6, 6.07) is 8.02. The van der Waals surface area contributed by atoms with Gasteiger partial charge in [-0.2, -0.15) is 0 Å². The summed E-state index contributed by atoms with van der Waals surface area (Å²) in [7, 11) is 1.60. The Balaban J connectivity index is 1.89. The van der Waals surface area contributed by atoms with Gasteiger partial charge in [-0.1, -0.05) is 6.42 Å². The molecule has 3 heterocycles. The molecule has 0 unspecified atom stereocenters. The molecule has 0 bridgehead atoms. The van der Waals surface area contributed by atoms with Gasteiger partial charge in [0, 0.05) is 34.0 Å². The molecule has 1 fully saturated rings. The third kappa shape index (κ3) is 3.58. The topological polar surface area (TPSA) is 71.5 Å². The summed E-state index contributed by atoms with van der Waals surface area (Å²) in [6.07, 6.45) is 5.33. The zero-order chi connectivity index (χ0) is 17.0. The van der Waals surface area contributed by atoms with Gasteiger partial charge in [0.15, 0.2) is 0 Å². The minimum atomic E-state index is -0.328. The second-order valence-electron chi connectivity index (χ2n) is 5.76. The van der Waals surface area contributed by atoms with E-state index in [9.17, 15) is 4.79 Å². The number of carbonyl (C=O) groups is 1. The lowest BCUT2D eigenvalue weighted by Gasteiger charge is -2.35. The van der Waals surface area contributed by atoms with E-state index in [1.54, 1.807) is 30.1 Å². The first-order chi connectivity index (χ1) is 11.7. The number of hydrogen-bond acceptors (Lipinski definition) is 6. The molecular formula is C17H20N2O3S2. The number of thioether (sulfide) groups is 1. The van der Waals surface area contributed by atoms with E-state index in [4.69, 9.17) is 9.94 Å². The summed E-state index contributed by atoms with van der Waals surface area (Å²) in [6.45, 7) is 0. The molecule has 7 heteroatoms. The lowest BCUT2D eigenvalue weighted by molar-refractivity contribution is -0.129. The van der Waals surface area contributed by atoms with Crippen LogP contribution in [0.25, 0.3) is 10.4 Å². The normalized spacial score (nSPS) is 20.6. The zero-order valence-corrected chi connectivity index (χ0v) is 15.1. The molecule has 5 nitrogen and oxygen atoms in total. The summed E-state index contributed by atoms with van der Waals surface area (Å²) in [5.41, 5.74) is 2.82. The highest BCUT2D eigenvalue weighted by molar-refractivity contribution is 8.00. The molecule has 24 heavy (non-hydrogen) atoms. The van der Waals surface area contributed by atoms with Crippen LogP contribution < -0.4 is 10.2 Å². The Morgan fingerprint density at radius 2 is 2.25 bits per heavy atom. The van der Waals surface area contributed by atoms with Gasteiger partial charge < -0.3 is 4.74 Å². The van der Waals surface area contributed by atoms with E-state index in [-0.39, 0.29) is 10.7 Å². The van der Waals surface area contributed by atoms with Crippen molar-refractivity contribution in [2.45, 2.75) is 30.4 Å². The Morgan fingerprint density at radius 1 is 1.38 bits per heavy atom. The lowest BCUT2D eigenvalue weighted by Crippen LogP contribution is -2.32. The quantitative estimate of drug-likeness (QED) is 0.623. The molecule has 1 amide bonds. The molecule has 1 aliphatic rings. The van der Waals surface area contributed by atoms with Crippen LogP contribution >= 0.6 is 23.1 Å². The highest BCUT2D eigenvalue weighted by Gasteiger charge is 2.38. The van der Waals surface area contributed by atoms with Crippen molar-refractivity contribution in [3.8, 4) is 16.3 Å². The fraction of sp³-hybridized carbons (Fsp3) is 0.412. The van der Waals surface area contributed by atoms with E-state index >= 15 is 0 Å². The minimum absolute atomic E-state index is 0.242. The first-order valence-electron chi connectivity index (χ1n) is 7.84. The highest BCUT2D eigenvalue weighted by Crippen LogP contribution is 2.50. The Kier molecular flexibility index (Phi) is 5.43. The number of hydrogen-bond donors (Lipinski definition) is 2. The maximum absolute atomic E-state index is 11.8. The van der Waals surface area contributed by atoms with Gasteiger partial charge in [0.1, 0.15) is 0 Å². The number of thiophene rings is 1. The van der Waals surface area contributed by atoms with Crippen molar-refractivity contribution in [1.82, 2.24) is 10.5 Å². The molecule has 2 aromatic rings. The van der Waals surface area contributed by atoms with Gasteiger partial charge in [0.2, 0.25) is 11.8 Å². The molecule has 2 aromatic heterocycles. The van der Waals surface area contributed by atoms with E-state index in [1.165, 1.54) is 11.3 Å². The van der Waals surface area contributed by atoms with Gasteiger partial charge in [-0.25, -0.2) is 10.5 Å². The highest BCUT2D eigenvalue weighted by atomic mass is 32.2. The van der Waals surface area contributed by atoms with Gasteiger partial charge in [0.05, 0.1) is 11.9 Å². The molecule has 0 aliphatic carbocycles. The third-order valence-electron chi connectivity index (χ3n) is 4.21. The predicted octanol–water partition coefficient (Wildman–Crippen LogP) is 3.83. The van der Waals surface area contributed by atoms with Crippen LogP contribution in [0.2, 0.25) is 0 Å². The van der Waals surface area contributed by atoms with Crippen LogP contribution in [0.1, 0.15) is 30.6 Å². The first kappa shape index (κ1) is 17.3. The minimum Gasteiger partial charge on any atom is -0.481 e. The molecule has 0 spiro atoms. The Bertz CT molecular complexity index is 694. The number of nitrogens with one attached hydrogen (secondary N) is 1. The Hall–Kier alpha value is -1.57. The summed E-state index contributed by atoms with van der Waals surface area (Å²) >= 11 is 3.52. The van der Waals surface area contributed by atoms with E-state index in [1.807, 2.05) is 23.9 Å². The molecule has 2 N–H and O–H groups in total. The summed E-state index contributed by atoms with van der Waals surface area (Å²) < 4.78 is 4.86. The molecule has 0 aromatic carbocycles. The molecule has 0 radical (unpaired) electrons. The number of methoxy groups -OCH3 is 1. The van der Waals surface area contributed by atoms with Gasteiger partial charge in [-0.05, 0) is 36.8 Å². The SMILES string of the molecule is COc1ccc(-c2ccc([C@@]3(CC(=O)NO)CCCCS3)s2)cn1. The van der Waals surface area contributed by atoms with Crippen LogP contribution in [-0.2, 0) is 9.54 Å². The van der Waals surface area contributed by atoms with Crippen LogP contribution in [0.5, 0.6) is 5.88 Å². The third-order valence-corrected chi connectivity index (χ3v) is 7.29. The number of carbonyl (C=O) groups excluding carboxylic acids is 1. The molecule has 1 atom stereocenters. The number of aromatic nitrogens is 1. The van der Waals surface area contributed by atoms with E-state index in [0.717, 1.165) is 29.0 Å². The summed E-state index contributed by atoms with van der Waals surface area (Å²) in [4.78, 5) is 18.4. The van der Waals surface area contributed by atoms with Crippen molar-refractivity contribution in [2.75, 3.05) is 12.9 Å². The number of nitrogens with zero attached hydrogens (tertiary/aromatic N) is 1. The van der Waals surface area contributed by atoms with Crippen LogP contribution in [0.15, 0.2) is 30.5 Å². The van der Waals surface area contributed by atoms with Crippen molar-refractivity contribution in [1.29, 1.82) is 0 Å². The van der Waals surface area contributed by atoms with E-state index in [0.29, 0.717) is 12.3 Å². The number of rotatable bonds is 5. The van der Waals surface area contributed by atoms with Gasteiger partial charge >= 0.3 is 0 Å². The standard InChI is InChI=1S/C17H20N2O3S2/c1-22-16-7-4-12(11-18-16)13-5-6-14(24-13)17(10-15(20)19-21)8-2-3-9-23-17/h4-7,11,21H,2-3,8-10H2,1H3,(H,19,20)/t17-/m0/s1. The molecule has 0 saturated carbocycles. The van der Waals surface area contributed by atoms with Crippen LogP contribution in [0.3, 0.4) is 0 Å². The predicted molar refractivity (Wildman–Crippen MR) is 96.6 cm³/mol. The smallest absolute Gasteiger partial charge is 0.245 e. The fourth-order valence-electron chi connectivity index (χ4n) is 2.96. The van der Waals surface area contributed by atoms with Crippen LogP contribution in [0, 0.1) is 0 Å². The van der Waals surface area contributed by atoms with Crippen molar-refractivity contribution in [3.05, 3.63) is 35.3 Å². The summed E-state index contributed by atoms with van der Waals surface area (Å²) in [5.74, 6) is 1.30. The average Bonchev–Trinajstić information content (AvgIpc) is 3.13. The molecule has 128 valence electrons. The molecule has 3 rings (SSSR count). The number of hydroxylamine groups is 1. The number of amides is 1. The Morgan fingerprint density at radius 3 is 2.88 bits per heavy atom. The monoisotopic (exact) mass is 364 g/mol. The number of ether oxygens (including phenoxy) is 1. The van der Waals surface area contributed by atoms with E-state index in [2.05, 4.69) is 17.1 Å². The second-order valence-corrected chi connectivity index (χ2v) is 8.33. The largest absolute Gasteiger partial charge is 0.481 e. The zero-order valence-electron chi connectivity index (χ0n) is 13.4. The first-order valence-corrected chi connectivity index (χ1v) is 9.65. The second kappa shape index (κ2) is 7.55.